The maximum Gasteiger partial charge on any atom is 0.259 e. The molecule has 2 heterocycles. The summed E-state index contributed by atoms with van der Waals surface area (Å²) >= 11 is 0. The average molecular weight is 444 g/mol. The summed E-state index contributed by atoms with van der Waals surface area (Å²) < 4.78 is 0. The van der Waals surface area contributed by atoms with Crippen molar-refractivity contribution < 1.29 is 9.59 Å². The lowest BCUT2D eigenvalue weighted by molar-refractivity contribution is -0.114. The van der Waals surface area contributed by atoms with E-state index in [0.717, 1.165) is 49.6 Å². The standard InChI is InChI=1S/C26H29N5O2/c1-18-23(26(33)30-21-8-4-3-5-9-21)16-27-25(28-18)24-10-6-7-15-31(24)17-20-11-13-22(14-12-20)29-19(2)32/h3-5,8-9,11-14,16,24H,6-7,10,15,17H2,1-2H3,(H,29,32)(H,30,33)/t24-/m1/s1. The van der Waals surface area contributed by atoms with E-state index in [4.69, 9.17) is 4.98 Å². The van der Waals surface area contributed by atoms with Gasteiger partial charge in [-0.2, -0.15) is 0 Å². The first-order valence-electron chi connectivity index (χ1n) is 11.3. The number of nitrogens with one attached hydrogen (secondary N) is 2. The summed E-state index contributed by atoms with van der Waals surface area (Å²) in [6.45, 7) is 5.12. The molecule has 33 heavy (non-hydrogen) atoms. The molecule has 2 amide bonds. The Morgan fingerprint density at radius 2 is 1.73 bits per heavy atom. The maximum atomic E-state index is 12.7. The highest BCUT2D eigenvalue weighted by Gasteiger charge is 2.27. The van der Waals surface area contributed by atoms with Gasteiger partial charge in [0.25, 0.3) is 5.91 Å². The number of para-hydroxylation sites is 1. The fraction of sp³-hybridized carbons (Fsp3) is 0.308. The predicted octanol–water partition coefficient (Wildman–Crippen LogP) is 4.72. The summed E-state index contributed by atoms with van der Waals surface area (Å²) in [5.74, 6) is 0.482. The van der Waals surface area contributed by atoms with Crippen molar-refractivity contribution in [3.63, 3.8) is 0 Å². The molecule has 7 heteroatoms. The highest BCUT2D eigenvalue weighted by Crippen LogP contribution is 2.31. The molecule has 1 fully saturated rings. The quantitative estimate of drug-likeness (QED) is 0.575. The minimum Gasteiger partial charge on any atom is -0.326 e. The van der Waals surface area contributed by atoms with Crippen LogP contribution in [-0.2, 0) is 11.3 Å². The minimum atomic E-state index is -0.204. The molecular weight excluding hydrogens is 414 g/mol. The fourth-order valence-corrected chi connectivity index (χ4v) is 4.19. The zero-order valence-corrected chi connectivity index (χ0v) is 19.0. The number of amides is 2. The van der Waals surface area contributed by atoms with Gasteiger partial charge in [0.15, 0.2) is 0 Å². The summed E-state index contributed by atoms with van der Waals surface area (Å²) in [5.41, 5.74) is 3.88. The van der Waals surface area contributed by atoms with Crippen molar-refractivity contribution >= 4 is 23.2 Å². The number of hydrogen-bond acceptors (Lipinski definition) is 5. The van der Waals surface area contributed by atoms with Crippen LogP contribution in [-0.4, -0.2) is 33.2 Å². The van der Waals surface area contributed by atoms with Gasteiger partial charge < -0.3 is 10.6 Å². The molecule has 2 N–H and O–H groups in total. The molecule has 2 aromatic carbocycles. The number of carbonyl (C=O) groups excluding carboxylic acids is 2. The Bertz CT molecular complexity index is 1120. The molecule has 0 bridgehead atoms. The third kappa shape index (κ3) is 5.81. The second-order valence-corrected chi connectivity index (χ2v) is 8.41. The van der Waals surface area contributed by atoms with Crippen molar-refractivity contribution in [2.45, 2.75) is 45.7 Å². The maximum absolute atomic E-state index is 12.7. The van der Waals surface area contributed by atoms with Crippen LogP contribution in [0.4, 0.5) is 11.4 Å². The van der Waals surface area contributed by atoms with E-state index in [0.29, 0.717) is 11.3 Å². The zero-order chi connectivity index (χ0) is 23.2. The van der Waals surface area contributed by atoms with Gasteiger partial charge in [-0.1, -0.05) is 36.8 Å². The molecule has 0 saturated carbocycles. The number of hydrogen-bond donors (Lipinski definition) is 2. The monoisotopic (exact) mass is 443 g/mol. The molecule has 0 spiro atoms. The Balaban J connectivity index is 1.47. The van der Waals surface area contributed by atoms with Crippen LogP contribution in [0.5, 0.6) is 0 Å². The summed E-state index contributed by atoms with van der Waals surface area (Å²) in [6, 6.07) is 17.4. The van der Waals surface area contributed by atoms with E-state index in [1.807, 2.05) is 61.5 Å². The molecule has 170 valence electrons. The van der Waals surface area contributed by atoms with E-state index < -0.39 is 0 Å². The van der Waals surface area contributed by atoms with Gasteiger partial charge in [0.2, 0.25) is 5.91 Å². The van der Waals surface area contributed by atoms with Crippen LogP contribution >= 0.6 is 0 Å². The number of rotatable bonds is 6. The fourth-order valence-electron chi connectivity index (χ4n) is 4.19. The Labute approximate surface area is 194 Å². The molecule has 1 atom stereocenters. The molecule has 0 radical (unpaired) electrons. The van der Waals surface area contributed by atoms with Gasteiger partial charge in [-0.25, -0.2) is 9.97 Å². The van der Waals surface area contributed by atoms with Gasteiger partial charge in [-0.3, -0.25) is 14.5 Å². The molecule has 4 rings (SSSR count). The zero-order valence-electron chi connectivity index (χ0n) is 19.0. The highest BCUT2D eigenvalue weighted by molar-refractivity contribution is 6.04. The SMILES string of the molecule is CC(=O)Nc1ccc(CN2CCCC[C@@H]2c2ncc(C(=O)Nc3ccccc3)c(C)n2)cc1. The van der Waals surface area contributed by atoms with Crippen molar-refractivity contribution in [3.8, 4) is 0 Å². The second kappa shape index (κ2) is 10.4. The van der Waals surface area contributed by atoms with E-state index in [9.17, 15) is 9.59 Å². The van der Waals surface area contributed by atoms with Crippen LogP contribution in [0.1, 0.15) is 59.7 Å². The molecule has 0 unspecified atom stereocenters. The summed E-state index contributed by atoms with van der Waals surface area (Å²) in [6.07, 6.45) is 4.89. The van der Waals surface area contributed by atoms with Crippen LogP contribution < -0.4 is 10.6 Å². The topological polar surface area (TPSA) is 87.2 Å². The number of aromatic nitrogens is 2. The largest absolute Gasteiger partial charge is 0.326 e. The number of nitrogens with zero attached hydrogens (tertiary/aromatic N) is 3. The van der Waals surface area contributed by atoms with Gasteiger partial charge in [-0.05, 0) is 56.1 Å². The van der Waals surface area contributed by atoms with Crippen LogP contribution in [0.2, 0.25) is 0 Å². The first kappa shape index (κ1) is 22.6. The van der Waals surface area contributed by atoms with E-state index >= 15 is 0 Å². The van der Waals surface area contributed by atoms with Crippen LogP contribution in [0.15, 0.2) is 60.8 Å². The molecule has 1 aromatic heterocycles. The molecule has 1 aliphatic rings. The average Bonchev–Trinajstić information content (AvgIpc) is 2.81. The number of benzene rings is 2. The van der Waals surface area contributed by atoms with E-state index in [-0.39, 0.29) is 17.9 Å². The Morgan fingerprint density at radius 1 is 1.00 bits per heavy atom. The van der Waals surface area contributed by atoms with Crippen molar-refractivity contribution in [2.75, 3.05) is 17.2 Å². The van der Waals surface area contributed by atoms with E-state index in [2.05, 4.69) is 20.5 Å². The third-order valence-electron chi connectivity index (χ3n) is 5.85. The van der Waals surface area contributed by atoms with Crippen molar-refractivity contribution in [1.82, 2.24) is 14.9 Å². The molecule has 1 aliphatic heterocycles. The van der Waals surface area contributed by atoms with Gasteiger partial charge in [0.05, 0.1) is 17.3 Å². The number of carbonyl (C=O) groups is 2. The van der Waals surface area contributed by atoms with E-state index in [1.54, 1.807) is 6.20 Å². The smallest absolute Gasteiger partial charge is 0.259 e. The number of likely N-dealkylation sites (tertiary alicyclic amines) is 1. The molecule has 3 aromatic rings. The van der Waals surface area contributed by atoms with Gasteiger partial charge in [0, 0.05) is 31.0 Å². The Hall–Kier alpha value is -3.58. The van der Waals surface area contributed by atoms with Crippen LogP contribution in [0, 0.1) is 6.92 Å². The van der Waals surface area contributed by atoms with Crippen LogP contribution in [0.25, 0.3) is 0 Å². The van der Waals surface area contributed by atoms with Gasteiger partial charge in [-0.15, -0.1) is 0 Å². The first-order valence-corrected chi connectivity index (χ1v) is 11.3. The Kier molecular flexibility index (Phi) is 7.10. The lowest BCUT2D eigenvalue weighted by Gasteiger charge is -2.35. The molecule has 7 nitrogen and oxygen atoms in total. The van der Waals surface area contributed by atoms with Gasteiger partial charge >= 0.3 is 0 Å². The number of aryl methyl sites for hydroxylation is 1. The minimum absolute atomic E-state index is 0.0766. The van der Waals surface area contributed by atoms with Crippen molar-refractivity contribution in [3.05, 3.63) is 83.4 Å². The first-order chi connectivity index (χ1) is 16.0. The van der Waals surface area contributed by atoms with Gasteiger partial charge in [0.1, 0.15) is 5.82 Å². The summed E-state index contributed by atoms with van der Waals surface area (Å²) in [7, 11) is 0. The lowest BCUT2D eigenvalue weighted by Crippen LogP contribution is -2.34. The summed E-state index contributed by atoms with van der Waals surface area (Å²) in [5, 5.41) is 5.70. The number of anilines is 2. The normalized spacial score (nSPS) is 16.2. The second-order valence-electron chi connectivity index (χ2n) is 8.41. The lowest BCUT2D eigenvalue weighted by atomic mass is 10.00. The third-order valence-corrected chi connectivity index (χ3v) is 5.85. The predicted molar refractivity (Wildman–Crippen MR) is 129 cm³/mol. The molecule has 1 saturated heterocycles. The number of piperidine rings is 1. The van der Waals surface area contributed by atoms with Crippen molar-refractivity contribution in [2.24, 2.45) is 0 Å². The van der Waals surface area contributed by atoms with Crippen LogP contribution in [0.3, 0.4) is 0 Å². The molecular formula is C26H29N5O2. The highest BCUT2D eigenvalue weighted by atomic mass is 16.2. The van der Waals surface area contributed by atoms with E-state index in [1.165, 1.54) is 12.5 Å². The van der Waals surface area contributed by atoms with Crippen molar-refractivity contribution in [1.29, 1.82) is 0 Å². The summed E-state index contributed by atoms with van der Waals surface area (Å²) in [4.78, 5) is 35.7. The molecule has 0 aliphatic carbocycles. The Morgan fingerprint density at radius 3 is 2.42 bits per heavy atom.